The molecule has 108 valence electrons. The fourth-order valence-electron chi connectivity index (χ4n) is 2.67. The lowest BCUT2D eigenvalue weighted by Crippen LogP contribution is -2.35. The Kier molecular flexibility index (Phi) is 5.82. The second kappa shape index (κ2) is 7.62. The van der Waals surface area contributed by atoms with Gasteiger partial charge in [0, 0.05) is 51.0 Å². The molecule has 1 aromatic rings. The van der Waals surface area contributed by atoms with Crippen LogP contribution in [0.5, 0.6) is 0 Å². The van der Waals surface area contributed by atoms with Gasteiger partial charge < -0.3 is 14.5 Å². The number of rotatable bonds is 6. The molecule has 5 nitrogen and oxygen atoms in total. The van der Waals surface area contributed by atoms with Crippen molar-refractivity contribution >= 4 is 0 Å². The van der Waals surface area contributed by atoms with Crippen LogP contribution in [0, 0.1) is 5.92 Å². The number of nitrogens with zero attached hydrogens (tertiary/aromatic N) is 4. The van der Waals surface area contributed by atoms with Gasteiger partial charge in [-0.05, 0) is 26.6 Å². The second-order valence-electron chi connectivity index (χ2n) is 5.63. The summed E-state index contributed by atoms with van der Waals surface area (Å²) in [6.07, 6.45) is 5.02. The van der Waals surface area contributed by atoms with Gasteiger partial charge in [-0.3, -0.25) is 4.68 Å². The first kappa shape index (κ1) is 14.5. The molecular weight excluding hydrogens is 240 g/mol. The van der Waals surface area contributed by atoms with Crippen molar-refractivity contribution < 1.29 is 4.74 Å². The van der Waals surface area contributed by atoms with Gasteiger partial charge >= 0.3 is 0 Å². The summed E-state index contributed by atoms with van der Waals surface area (Å²) in [7, 11) is 4.26. The van der Waals surface area contributed by atoms with E-state index in [9.17, 15) is 0 Å². The molecule has 0 bridgehead atoms. The van der Waals surface area contributed by atoms with Crippen molar-refractivity contribution in [2.24, 2.45) is 5.92 Å². The summed E-state index contributed by atoms with van der Waals surface area (Å²) in [5, 5.41) is 4.24. The molecule has 1 atom stereocenters. The van der Waals surface area contributed by atoms with Crippen molar-refractivity contribution in [3.05, 3.63) is 18.5 Å². The Morgan fingerprint density at radius 2 is 2.26 bits per heavy atom. The molecule has 1 aromatic heterocycles. The number of hydrogen-bond donors (Lipinski definition) is 0. The van der Waals surface area contributed by atoms with Gasteiger partial charge in [-0.15, -0.1) is 0 Å². The molecule has 0 aliphatic carbocycles. The summed E-state index contributed by atoms with van der Waals surface area (Å²) in [6, 6.07) is 1.98. The molecule has 0 saturated carbocycles. The van der Waals surface area contributed by atoms with Gasteiger partial charge in [0.1, 0.15) is 0 Å². The molecule has 0 N–H and O–H groups in total. The predicted octanol–water partition coefficient (Wildman–Crippen LogP) is 0.783. The van der Waals surface area contributed by atoms with E-state index in [0.717, 1.165) is 52.4 Å². The number of aromatic nitrogens is 2. The van der Waals surface area contributed by atoms with Gasteiger partial charge in [0.2, 0.25) is 0 Å². The summed E-state index contributed by atoms with van der Waals surface area (Å²) >= 11 is 0. The van der Waals surface area contributed by atoms with E-state index < -0.39 is 0 Å². The SMILES string of the molecule is CN(C)CC1COCCN(CCCn2cccn2)C1. The Morgan fingerprint density at radius 3 is 3.00 bits per heavy atom. The molecule has 19 heavy (non-hydrogen) atoms. The van der Waals surface area contributed by atoms with E-state index in [0.29, 0.717) is 5.92 Å². The summed E-state index contributed by atoms with van der Waals surface area (Å²) < 4.78 is 7.71. The van der Waals surface area contributed by atoms with Crippen LogP contribution in [0.25, 0.3) is 0 Å². The van der Waals surface area contributed by atoms with Gasteiger partial charge in [-0.1, -0.05) is 0 Å². The maximum Gasteiger partial charge on any atom is 0.0593 e. The third-order valence-electron chi connectivity index (χ3n) is 3.47. The fourth-order valence-corrected chi connectivity index (χ4v) is 2.67. The minimum absolute atomic E-state index is 0.627. The average molecular weight is 266 g/mol. The highest BCUT2D eigenvalue weighted by Crippen LogP contribution is 2.08. The Hall–Kier alpha value is -0.910. The van der Waals surface area contributed by atoms with Crippen LogP contribution in [0.15, 0.2) is 18.5 Å². The summed E-state index contributed by atoms with van der Waals surface area (Å²) in [6.45, 7) is 7.21. The zero-order chi connectivity index (χ0) is 13.5. The highest BCUT2D eigenvalue weighted by molar-refractivity contribution is 4.78. The largest absolute Gasteiger partial charge is 0.380 e. The van der Waals surface area contributed by atoms with Crippen molar-refractivity contribution in [1.82, 2.24) is 19.6 Å². The first-order chi connectivity index (χ1) is 9.24. The summed E-state index contributed by atoms with van der Waals surface area (Å²) in [5.74, 6) is 0.627. The zero-order valence-electron chi connectivity index (χ0n) is 12.2. The van der Waals surface area contributed by atoms with Crippen LogP contribution in [-0.4, -0.2) is 73.1 Å². The highest BCUT2D eigenvalue weighted by Gasteiger charge is 2.18. The lowest BCUT2D eigenvalue weighted by atomic mass is 10.1. The maximum absolute atomic E-state index is 5.70. The van der Waals surface area contributed by atoms with Crippen molar-refractivity contribution in [2.75, 3.05) is 53.5 Å². The van der Waals surface area contributed by atoms with Crippen LogP contribution in [-0.2, 0) is 11.3 Å². The topological polar surface area (TPSA) is 33.5 Å². The average Bonchev–Trinajstić information content (AvgIpc) is 2.77. The van der Waals surface area contributed by atoms with Crippen LogP contribution >= 0.6 is 0 Å². The molecule has 5 heteroatoms. The van der Waals surface area contributed by atoms with Crippen LogP contribution in [0.3, 0.4) is 0 Å². The Labute approximate surface area is 116 Å². The molecular formula is C14H26N4O. The molecule has 1 saturated heterocycles. The van der Waals surface area contributed by atoms with Gasteiger partial charge in [-0.2, -0.15) is 5.10 Å². The molecule has 0 aromatic carbocycles. The molecule has 2 heterocycles. The highest BCUT2D eigenvalue weighted by atomic mass is 16.5. The normalized spacial score (nSPS) is 21.7. The lowest BCUT2D eigenvalue weighted by Gasteiger charge is -2.25. The first-order valence-electron chi connectivity index (χ1n) is 7.16. The monoisotopic (exact) mass is 266 g/mol. The van der Waals surface area contributed by atoms with Crippen LogP contribution < -0.4 is 0 Å². The van der Waals surface area contributed by atoms with Crippen molar-refractivity contribution in [1.29, 1.82) is 0 Å². The minimum Gasteiger partial charge on any atom is -0.380 e. The van der Waals surface area contributed by atoms with E-state index in [1.165, 1.54) is 0 Å². The molecule has 1 aliphatic rings. The molecule has 2 rings (SSSR count). The zero-order valence-corrected chi connectivity index (χ0v) is 12.2. The van der Waals surface area contributed by atoms with Gasteiger partial charge in [0.05, 0.1) is 13.2 Å². The third-order valence-corrected chi connectivity index (χ3v) is 3.47. The van der Waals surface area contributed by atoms with Crippen LogP contribution in [0.1, 0.15) is 6.42 Å². The Morgan fingerprint density at radius 1 is 1.37 bits per heavy atom. The van der Waals surface area contributed by atoms with Gasteiger partial charge in [0.25, 0.3) is 0 Å². The maximum atomic E-state index is 5.70. The predicted molar refractivity (Wildman–Crippen MR) is 76.1 cm³/mol. The molecule has 0 amide bonds. The van der Waals surface area contributed by atoms with Gasteiger partial charge in [-0.25, -0.2) is 0 Å². The Bertz CT molecular complexity index is 339. The van der Waals surface area contributed by atoms with Crippen molar-refractivity contribution in [3.8, 4) is 0 Å². The van der Waals surface area contributed by atoms with E-state index in [4.69, 9.17) is 4.74 Å². The van der Waals surface area contributed by atoms with Crippen LogP contribution in [0.4, 0.5) is 0 Å². The van der Waals surface area contributed by atoms with E-state index in [-0.39, 0.29) is 0 Å². The first-order valence-corrected chi connectivity index (χ1v) is 7.16. The van der Waals surface area contributed by atoms with Gasteiger partial charge in [0.15, 0.2) is 0 Å². The standard InChI is InChI=1S/C14H26N4O/c1-16(2)11-14-12-17(9-10-19-13-14)6-4-8-18-7-3-5-15-18/h3,5,7,14H,4,6,8-13H2,1-2H3. The van der Waals surface area contributed by atoms with E-state index in [1.54, 1.807) is 0 Å². The Balaban J connectivity index is 1.72. The molecule has 0 radical (unpaired) electrons. The molecule has 1 aliphatic heterocycles. The van der Waals surface area contributed by atoms with E-state index >= 15 is 0 Å². The minimum atomic E-state index is 0.627. The molecule has 0 spiro atoms. The van der Waals surface area contributed by atoms with Crippen molar-refractivity contribution in [3.63, 3.8) is 0 Å². The molecule has 1 unspecified atom stereocenters. The smallest absolute Gasteiger partial charge is 0.0593 e. The summed E-state index contributed by atoms with van der Waals surface area (Å²) in [4.78, 5) is 4.78. The third kappa shape index (κ3) is 5.30. The summed E-state index contributed by atoms with van der Waals surface area (Å²) in [5.41, 5.74) is 0. The fraction of sp³-hybridized carbons (Fsp3) is 0.786. The quantitative estimate of drug-likeness (QED) is 0.762. The van der Waals surface area contributed by atoms with E-state index in [2.05, 4.69) is 29.0 Å². The second-order valence-corrected chi connectivity index (χ2v) is 5.63. The number of ether oxygens (including phenoxy) is 1. The lowest BCUT2D eigenvalue weighted by molar-refractivity contribution is 0.112. The van der Waals surface area contributed by atoms with E-state index in [1.807, 2.05) is 23.1 Å². The number of hydrogen-bond acceptors (Lipinski definition) is 4. The van der Waals surface area contributed by atoms with Crippen LogP contribution in [0.2, 0.25) is 0 Å². The van der Waals surface area contributed by atoms with Crippen molar-refractivity contribution in [2.45, 2.75) is 13.0 Å². The number of aryl methyl sites for hydroxylation is 1. The molecule has 1 fully saturated rings.